The van der Waals surface area contributed by atoms with Crippen LogP contribution < -0.4 is 5.32 Å². The van der Waals surface area contributed by atoms with E-state index in [1.165, 1.54) is 0 Å². The minimum atomic E-state index is -4.49. The molecule has 2 aromatic heterocycles. The summed E-state index contributed by atoms with van der Waals surface area (Å²) in [7, 11) is 0. The number of hydrogen-bond acceptors (Lipinski definition) is 4. The Hall–Kier alpha value is -0.930. The molecule has 0 spiro atoms. The Morgan fingerprint density at radius 3 is 2.45 bits per heavy atom. The zero-order chi connectivity index (χ0) is 14.9. The fourth-order valence-electron chi connectivity index (χ4n) is 1.25. The first-order valence-electron chi connectivity index (χ1n) is 4.96. The Kier molecular flexibility index (Phi) is 4.50. The Balaban J connectivity index is 2.33. The van der Waals surface area contributed by atoms with Crippen LogP contribution >= 0.6 is 43.5 Å². The number of anilines is 2. The molecule has 106 valence electrons. The molecule has 2 heterocycles. The van der Waals surface area contributed by atoms with Crippen LogP contribution in [0.1, 0.15) is 5.56 Å². The van der Waals surface area contributed by atoms with E-state index in [-0.39, 0.29) is 10.8 Å². The Labute approximate surface area is 133 Å². The topological polar surface area (TPSA) is 50.7 Å². The van der Waals surface area contributed by atoms with Gasteiger partial charge in [-0.05, 0) is 44.0 Å². The summed E-state index contributed by atoms with van der Waals surface area (Å²) in [5, 5.41) is 10.1. The monoisotopic (exact) mass is 430 g/mol. The highest BCUT2D eigenvalue weighted by Crippen LogP contribution is 2.34. The fraction of sp³-hybridized carbons (Fsp3) is 0.100. The molecule has 0 unspecified atom stereocenters. The molecule has 0 saturated heterocycles. The average molecular weight is 432 g/mol. The second-order valence-corrected chi connectivity index (χ2v) is 5.52. The average Bonchev–Trinajstić information content (AvgIpc) is 2.35. The lowest BCUT2D eigenvalue weighted by Gasteiger charge is -2.11. The minimum absolute atomic E-state index is 0.0836. The summed E-state index contributed by atoms with van der Waals surface area (Å²) in [6.07, 6.45) is -3.79. The molecule has 2 rings (SSSR count). The van der Waals surface area contributed by atoms with Crippen molar-refractivity contribution in [2.45, 2.75) is 6.18 Å². The molecule has 0 radical (unpaired) electrons. The summed E-state index contributed by atoms with van der Waals surface area (Å²) in [5.41, 5.74) is -0.456. The molecule has 4 nitrogen and oxygen atoms in total. The third-order valence-corrected chi connectivity index (χ3v) is 3.40. The van der Waals surface area contributed by atoms with E-state index in [1.807, 2.05) is 0 Å². The van der Waals surface area contributed by atoms with Gasteiger partial charge in [0, 0.05) is 6.20 Å². The van der Waals surface area contributed by atoms with Crippen molar-refractivity contribution >= 4 is 55.0 Å². The van der Waals surface area contributed by atoms with Gasteiger partial charge in [-0.15, -0.1) is 10.2 Å². The Bertz CT molecular complexity index is 651. The van der Waals surface area contributed by atoms with Gasteiger partial charge in [0.25, 0.3) is 0 Å². The summed E-state index contributed by atoms with van der Waals surface area (Å²) < 4.78 is 38.3. The van der Waals surface area contributed by atoms with E-state index in [4.69, 9.17) is 11.6 Å². The van der Waals surface area contributed by atoms with E-state index < -0.39 is 11.7 Å². The summed E-state index contributed by atoms with van der Waals surface area (Å²) in [6.45, 7) is 0. The van der Waals surface area contributed by atoms with E-state index in [1.54, 1.807) is 6.07 Å². The standard InChI is InChI=1S/C10H4Br2ClF3N4/c11-7-2-6(8(12)20-19-7)18-9-5(13)1-4(3-17-9)10(14,15)16/h1-3H,(H,17,18,19). The summed E-state index contributed by atoms with van der Waals surface area (Å²) in [6, 6.07) is 2.38. The molecule has 10 heteroatoms. The van der Waals surface area contributed by atoms with Crippen LogP contribution in [0.4, 0.5) is 24.7 Å². The highest BCUT2D eigenvalue weighted by atomic mass is 79.9. The zero-order valence-electron chi connectivity index (χ0n) is 9.34. The number of halogens is 6. The van der Waals surface area contributed by atoms with E-state index in [2.05, 4.69) is 52.4 Å². The number of pyridine rings is 1. The van der Waals surface area contributed by atoms with Gasteiger partial charge in [-0.25, -0.2) is 4.98 Å². The number of nitrogens with one attached hydrogen (secondary N) is 1. The maximum Gasteiger partial charge on any atom is 0.417 e. The van der Waals surface area contributed by atoms with Crippen LogP contribution in [0, 0.1) is 0 Å². The SMILES string of the molecule is FC(F)(F)c1cnc(Nc2cc(Br)nnc2Br)c(Cl)c1. The first-order chi connectivity index (χ1) is 9.27. The normalized spacial score (nSPS) is 11.5. The van der Waals surface area contributed by atoms with Crippen LogP contribution in [0.5, 0.6) is 0 Å². The molecule has 0 saturated carbocycles. The van der Waals surface area contributed by atoms with Gasteiger partial charge in [-0.2, -0.15) is 13.2 Å². The van der Waals surface area contributed by atoms with Crippen molar-refractivity contribution in [3.05, 3.63) is 38.1 Å². The zero-order valence-corrected chi connectivity index (χ0v) is 13.3. The van der Waals surface area contributed by atoms with Crippen molar-refractivity contribution in [3.63, 3.8) is 0 Å². The van der Waals surface area contributed by atoms with Crippen molar-refractivity contribution in [1.29, 1.82) is 0 Å². The molecular formula is C10H4Br2ClF3N4. The lowest BCUT2D eigenvalue weighted by molar-refractivity contribution is -0.137. The largest absolute Gasteiger partial charge is 0.417 e. The first-order valence-corrected chi connectivity index (χ1v) is 6.92. The molecule has 2 aromatic rings. The van der Waals surface area contributed by atoms with Crippen LogP contribution in [0.25, 0.3) is 0 Å². The van der Waals surface area contributed by atoms with Gasteiger partial charge in [0.05, 0.1) is 16.3 Å². The summed E-state index contributed by atoms with van der Waals surface area (Å²) in [4.78, 5) is 3.66. The summed E-state index contributed by atoms with van der Waals surface area (Å²) >= 11 is 12.1. The molecular weight excluding hydrogens is 428 g/mol. The first kappa shape index (κ1) is 15.5. The quantitative estimate of drug-likeness (QED) is 0.740. The number of rotatable bonds is 2. The predicted octanol–water partition coefficient (Wildman–Crippen LogP) is 4.81. The third kappa shape index (κ3) is 3.58. The smallest absolute Gasteiger partial charge is 0.337 e. The second-order valence-electron chi connectivity index (χ2n) is 3.55. The van der Waals surface area contributed by atoms with Gasteiger partial charge in [0.1, 0.15) is 10.4 Å². The molecule has 0 aliphatic carbocycles. The molecule has 20 heavy (non-hydrogen) atoms. The number of nitrogens with zero attached hydrogens (tertiary/aromatic N) is 3. The van der Waals surface area contributed by atoms with E-state index in [9.17, 15) is 13.2 Å². The van der Waals surface area contributed by atoms with Gasteiger partial charge < -0.3 is 5.32 Å². The van der Waals surface area contributed by atoms with Gasteiger partial charge in [0.2, 0.25) is 0 Å². The van der Waals surface area contributed by atoms with E-state index in [0.29, 0.717) is 21.1 Å². The van der Waals surface area contributed by atoms with Crippen LogP contribution in [0.2, 0.25) is 5.02 Å². The van der Waals surface area contributed by atoms with Crippen LogP contribution in [0.15, 0.2) is 27.5 Å². The maximum absolute atomic E-state index is 12.5. The minimum Gasteiger partial charge on any atom is -0.337 e. The number of aromatic nitrogens is 3. The number of alkyl halides is 3. The van der Waals surface area contributed by atoms with Gasteiger partial charge >= 0.3 is 6.18 Å². The molecule has 0 aromatic carbocycles. The lowest BCUT2D eigenvalue weighted by Crippen LogP contribution is -2.06. The van der Waals surface area contributed by atoms with E-state index in [0.717, 1.165) is 6.07 Å². The molecule has 1 N–H and O–H groups in total. The van der Waals surface area contributed by atoms with Crippen molar-refractivity contribution < 1.29 is 13.2 Å². The van der Waals surface area contributed by atoms with Gasteiger partial charge in [0.15, 0.2) is 4.60 Å². The molecule has 0 fully saturated rings. The molecule has 0 bridgehead atoms. The van der Waals surface area contributed by atoms with Crippen molar-refractivity contribution in [2.75, 3.05) is 5.32 Å². The fourth-order valence-corrected chi connectivity index (χ4v) is 2.07. The Morgan fingerprint density at radius 2 is 1.85 bits per heavy atom. The van der Waals surface area contributed by atoms with E-state index >= 15 is 0 Å². The highest BCUT2D eigenvalue weighted by molar-refractivity contribution is 9.11. The second kappa shape index (κ2) is 5.82. The number of hydrogen-bond donors (Lipinski definition) is 1. The van der Waals surface area contributed by atoms with Gasteiger partial charge in [-0.1, -0.05) is 11.6 Å². The van der Waals surface area contributed by atoms with Crippen LogP contribution in [-0.2, 0) is 6.18 Å². The third-order valence-electron chi connectivity index (χ3n) is 2.14. The molecule has 0 amide bonds. The van der Waals surface area contributed by atoms with Gasteiger partial charge in [-0.3, -0.25) is 0 Å². The van der Waals surface area contributed by atoms with Crippen molar-refractivity contribution in [2.24, 2.45) is 0 Å². The molecule has 0 atom stereocenters. The highest BCUT2D eigenvalue weighted by Gasteiger charge is 2.31. The predicted molar refractivity (Wildman–Crippen MR) is 75.0 cm³/mol. The van der Waals surface area contributed by atoms with Crippen molar-refractivity contribution in [1.82, 2.24) is 15.2 Å². The molecule has 0 aliphatic rings. The molecule has 0 aliphatic heterocycles. The summed E-state index contributed by atoms with van der Waals surface area (Å²) in [5.74, 6) is 0.0836. The maximum atomic E-state index is 12.5. The lowest BCUT2D eigenvalue weighted by atomic mass is 10.2. The Morgan fingerprint density at radius 1 is 1.15 bits per heavy atom. The van der Waals surface area contributed by atoms with Crippen molar-refractivity contribution in [3.8, 4) is 0 Å². The van der Waals surface area contributed by atoms with Crippen LogP contribution in [-0.4, -0.2) is 15.2 Å². The van der Waals surface area contributed by atoms with Crippen LogP contribution in [0.3, 0.4) is 0 Å².